The molecule has 0 nitrogen and oxygen atoms in total. The second-order valence-corrected chi connectivity index (χ2v) is 3.55. The van der Waals surface area contributed by atoms with Crippen LogP contribution in [0.1, 0.15) is 39.5 Å². The van der Waals surface area contributed by atoms with Crippen LogP contribution in [0.25, 0.3) is 0 Å². The first-order chi connectivity index (χ1) is 4.29. The average Bonchev–Trinajstić information content (AvgIpc) is 1.97. The van der Waals surface area contributed by atoms with E-state index in [-0.39, 0.29) is 0 Å². The van der Waals surface area contributed by atoms with E-state index in [1.54, 1.807) is 0 Å². The second kappa shape index (κ2) is 3.24. The lowest BCUT2D eigenvalue weighted by atomic mass is 10.0. The smallest absolute Gasteiger partial charge is 0.0381 e. The molecule has 1 radical (unpaired) electrons. The first-order valence-corrected chi connectivity index (χ1v) is 4.10. The molecule has 0 N–H and O–H groups in total. The molecule has 0 aromatic rings. The van der Waals surface area contributed by atoms with E-state index in [1.807, 2.05) is 0 Å². The minimum Gasteiger partial charge on any atom is -0.0625 e. The summed E-state index contributed by atoms with van der Waals surface area (Å²) in [6.07, 6.45) is 8.05. The highest BCUT2D eigenvalue weighted by molar-refractivity contribution is 4.76. The minimum absolute atomic E-state index is 0.954. The molecule has 2 atom stereocenters. The van der Waals surface area contributed by atoms with Gasteiger partial charge in [-0.2, -0.15) is 0 Å². The highest BCUT2D eigenvalue weighted by Gasteiger charge is 2.11. The summed E-state index contributed by atoms with van der Waals surface area (Å²) in [6.45, 7) is 4.71. The van der Waals surface area contributed by atoms with Gasteiger partial charge in [0.2, 0.25) is 0 Å². The molecule has 0 spiro atoms. The van der Waals surface area contributed by atoms with Crippen LogP contribution in [0.5, 0.6) is 0 Å². The first-order valence-electron chi connectivity index (χ1n) is 4.10. The van der Waals surface area contributed by atoms with Crippen molar-refractivity contribution >= 4 is 0 Å². The molecule has 0 saturated heterocycles. The molecule has 1 fully saturated rings. The topological polar surface area (TPSA) is 0 Å². The monoisotopic (exact) mass is 125 g/mol. The Morgan fingerprint density at radius 3 is 1.89 bits per heavy atom. The highest BCUT2D eigenvalue weighted by atomic mass is 14.2. The van der Waals surface area contributed by atoms with Crippen molar-refractivity contribution in [2.24, 2.45) is 11.8 Å². The zero-order chi connectivity index (χ0) is 6.69. The van der Waals surface area contributed by atoms with E-state index in [9.17, 15) is 0 Å². The van der Waals surface area contributed by atoms with E-state index in [0.717, 1.165) is 11.8 Å². The molecule has 1 rings (SSSR count). The van der Waals surface area contributed by atoms with Gasteiger partial charge in [0.25, 0.3) is 0 Å². The molecule has 53 valence electrons. The fourth-order valence-electron chi connectivity index (χ4n) is 1.47. The normalized spacial score (nSPS) is 38.0. The van der Waals surface area contributed by atoms with Gasteiger partial charge in [0.1, 0.15) is 0 Å². The van der Waals surface area contributed by atoms with E-state index in [0.29, 0.717) is 0 Å². The lowest BCUT2D eigenvalue weighted by Gasteiger charge is -2.05. The van der Waals surface area contributed by atoms with E-state index < -0.39 is 0 Å². The molecule has 0 heterocycles. The molecular formula is C9H17. The molecule has 0 heteroatoms. The summed E-state index contributed by atoms with van der Waals surface area (Å²) in [5, 5.41) is 0. The van der Waals surface area contributed by atoms with E-state index in [2.05, 4.69) is 20.3 Å². The predicted molar refractivity (Wildman–Crippen MR) is 41.1 cm³/mol. The number of hydrogen-bond acceptors (Lipinski definition) is 0. The summed E-state index contributed by atoms with van der Waals surface area (Å²) < 4.78 is 0. The molecule has 0 aromatic heterocycles. The molecule has 1 saturated carbocycles. The fraction of sp³-hybridized carbons (Fsp3) is 0.889. The van der Waals surface area contributed by atoms with Gasteiger partial charge in [0.15, 0.2) is 0 Å². The third kappa shape index (κ3) is 2.38. The predicted octanol–water partition coefficient (Wildman–Crippen LogP) is 3.04. The van der Waals surface area contributed by atoms with Crippen molar-refractivity contribution in [2.45, 2.75) is 39.5 Å². The van der Waals surface area contributed by atoms with Crippen LogP contribution in [0.4, 0.5) is 0 Å². The zero-order valence-electron chi connectivity index (χ0n) is 6.56. The fourth-order valence-corrected chi connectivity index (χ4v) is 1.47. The van der Waals surface area contributed by atoms with Crippen molar-refractivity contribution in [3.05, 3.63) is 6.42 Å². The summed E-state index contributed by atoms with van der Waals surface area (Å²) in [4.78, 5) is 0. The first kappa shape index (κ1) is 7.11. The van der Waals surface area contributed by atoms with Crippen LogP contribution in [0.2, 0.25) is 0 Å². The van der Waals surface area contributed by atoms with Gasteiger partial charge in [-0.3, -0.25) is 0 Å². The summed E-state index contributed by atoms with van der Waals surface area (Å²) >= 11 is 0. The van der Waals surface area contributed by atoms with Gasteiger partial charge in [0.05, 0.1) is 0 Å². The Bertz CT molecular complexity index is 66.1. The van der Waals surface area contributed by atoms with Gasteiger partial charge < -0.3 is 0 Å². The van der Waals surface area contributed by atoms with E-state index >= 15 is 0 Å². The molecular weight excluding hydrogens is 108 g/mol. The van der Waals surface area contributed by atoms with E-state index in [4.69, 9.17) is 0 Å². The largest absolute Gasteiger partial charge is 0.0625 e. The van der Waals surface area contributed by atoms with Crippen LogP contribution < -0.4 is 0 Å². The average molecular weight is 125 g/mol. The molecule has 0 amide bonds. The Morgan fingerprint density at radius 2 is 1.44 bits per heavy atom. The van der Waals surface area contributed by atoms with Crippen molar-refractivity contribution in [3.63, 3.8) is 0 Å². The Labute approximate surface area is 58.7 Å². The molecule has 0 aliphatic heterocycles. The molecule has 1 aliphatic carbocycles. The number of hydrogen-bond donors (Lipinski definition) is 0. The third-order valence-corrected chi connectivity index (χ3v) is 2.29. The lowest BCUT2D eigenvalue weighted by molar-refractivity contribution is 0.476. The van der Waals surface area contributed by atoms with Gasteiger partial charge in [0, 0.05) is 0 Å². The van der Waals surface area contributed by atoms with Crippen molar-refractivity contribution < 1.29 is 0 Å². The van der Waals surface area contributed by atoms with Crippen molar-refractivity contribution in [1.82, 2.24) is 0 Å². The van der Waals surface area contributed by atoms with Crippen LogP contribution in [0.3, 0.4) is 0 Å². The molecule has 2 unspecified atom stereocenters. The lowest BCUT2D eigenvalue weighted by Crippen LogP contribution is -1.91. The maximum atomic E-state index is 2.46. The third-order valence-electron chi connectivity index (χ3n) is 2.29. The zero-order valence-corrected chi connectivity index (χ0v) is 6.56. The maximum Gasteiger partial charge on any atom is -0.0381 e. The Kier molecular flexibility index (Phi) is 2.56. The summed E-state index contributed by atoms with van der Waals surface area (Å²) in [7, 11) is 0. The SMILES string of the molecule is CC1C[CH]CC(C)CC1. The highest BCUT2D eigenvalue weighted by Crippen LogP contribution is 2.25. The summed E-state index contributed by atoms with van der Waals surface area (Å²) in [5.41, 5.74) is 0. The standard InChI is InChI=1S/C9H17/c1-8-4-3-5-9(2)7-6-8/h3,8-9H,4-7H2,1-2H3. The Morgan fingerprint density at radius 1 is 1.00 bits per heavy atom. The maximum absolute atomic E-state index is 2.46. The van der Waals surface area contributed by atoms with Crippen LogP contribution >= 0.6 is 0 Å². The van der Waals surface area contributed by atoms with Crippen LogP contribution in [0.15, 0.2) is 0 Å². The van der Waals surface area contributed by atoms with Crippen molar-refractivity contribution in [1.29, 1.82) is 0 Å². The minimum atomic E-state index is 0.954. The number of rotatable bonds is 0. The molecule has 1 aliphatic rings. The van der Waals surface area contributed by atoms with Crippen molar-refractivity contribution in [3.8, 4) is 0 Å². The van der Waals surface area contributed by atoms with Crippen LogP contribution in [-0.4, -0.2) is 0 Å². The molecule has 0 aromatic carbocycles. The van der Waals surface area contributed by atoms with Gasteiger partial charge in [-0.1, -0.05) is 26.7 Å². The molecule has 0 bridgehead atoms. The van der Waals surface area contributed by atoms with E-state index in [1.165, 1.54) is 25.7 Å². The molecule has 9 heavy (non-hydrogen) atoms. The summed E-state index contributed by atoms with van der Waals surface area (Å²) in [5.74, 6) is 1.91. The van der Waals surface area contributed by atoms with Gasteiger partial charge in [-0.05, 0) is 31.1 Å². The van der Waals surface area contributed by atoms with Crippen LogP contribution in [-0.2, 0) is 0 Å². The van der Waals surface area contributed by atoms with Crippen molar-refractivity contribution in [2.75, 3.05) is 0 Å². The summed E-state index contributed by atoms with van der Waals surface area (Å²) in [6, 6.07) is 0. The Balaban J connectivity index is 2.25. The second-order valence-electron chi connectivity index (χ2n) is 3.55. The Hall–Kier alpha value is 0. The quantitative estimate of drug-likeness (QED) is 0.436. The van der Waals surface area contributed by atoms with Gasteiger partial charge in [-0.25, -0.2) is 0 Å². The van der Waals surface area contributed by atoms with Gasteiger partial charge in [-0.15, -0.1) is 0 Å². The van der Waals surface area contributed by atoms with Crippen LogP contribution in [0, 0.1) is 18.3 Å². The van der Waals surface area contributed by atoms with Gasteiger partial charge >= 0.3 is 0 Å².